The summed E-state index contributed by atoms with van der Waals surface area (Å²) < 4.78 is 6.98. The zero-order valence-corrected chi connectivity index (χ0v) is 13.3. The molecular formula is C13H13BrClNOS. The molecule has 1 aromatic heterocycles. The molecule has 0 spiro atoms. The lowest BCUT2D eigenvalue weighted by Gasteiger charge is -2.14. The van der Waals surface area contributed by atoms with E-state index in [0.717, 1.165) is 26.5 Å². The fourth-order valence-corrected chi connectivity index (χ4v) is 3.06. The van der Waals surface area contributed by atoms with Crippen molar-refractivity contribution in [2.75, 3.05) is 0 Å². The van der Waals surface area contributed by atoms with E-state index >= 15 is 0 Å². The van der Waals surface area contributed by atoms with Crippen LogP contribution in [0.2, 0.25) is 0 Å². The Bertz CT molecular complexity index is 544. The first-order chi connectivity index (χ1) is 8.60. The summed E-state index contributed by atoms with van der Waals surface area (Å²) in [6.45, 7) is 4.02. The van der Waals surface area contributed by atoms with Gasteiger partial charge in [-0.3, -0.25) is 0 Å². The maximum Gasteiger partial charge on any atom is 0.147 e. The number of ether oxygens (including phenoxy) is 1. The Labute approximate surface area is 124 Å². The summed E-state index contributed by atoms with van der Waals surface area (Å²) in [5.41, 5.74) is 2.00. The summed E-state index contributed by atoms with van der Waals surface area (Å²) in [6, 6.07) is 5.97. The lowest BCUT2D eigenvalue weighted by atomic mass is 10.2. The lowest BCUT2D eigenvalue weighted by molar-refractivity contribution is 0.224. The zero-order chi connectivity index (χ0) is 13.1. The Morgan fingerprint density at radius 1 is 1.50 bits per heavy atom. The topological polar surface area (TPSA) is 22.1 Å². The number of aryl methyl sites for hydroxylation is 1. The first-order valence-electron chi connectivity index (χ1n) is 5.53. The molecule has 0 N–H and O–H groups in total. The molecule has 2 rings (SSSR count). The molecule has 0 radical (unpaired) electrons. The van der Waals surface area contributed by atoms with Crippen molar-refractivity contribution in [3.8, 4) is 5.75 Å². The summed E-state index contributed by atoms with van der Waals surface area (Å²) in [4.78, 5) is 4.42. The van der Waals surface area contributed by atoms with Gasteiger partial charge in [-0.05, 0) is 37.6 Å². The Hall–Kier alpha value is -0.580. The second-order valence-electron chi connectivity index (χ2n) is 3.98. The van der Waals surface area contributed by atoms with E-state index in [2.05, 4.69) is 20.9 Å². The second kappa shape index (κ2) is 6.04. The molecule has 0 aliphatic rings. The molecule has 0 aliphatic carbocycles. The molecule has 0 saturated heterocycles. The summed E-state index contributed by atoms with van der Waals surface area (Å²) in [7, 11) is 0. The summed E-state index contributed by atoms with van der Waals surface area (Å²) >= 11 is 10.8. The molecule has 1 unspecified atom stereocenters. The van der Waals surface area contributed by atoms with Gasteiger partial charge in [-0.25, -0.2) is 4.98 Å². The van der Waals surface area contributed by atoms with Crippen LogP contribution in [0.5, 0.6) is 5.75 Å². The third-order valence-corrected chi connectivity index (χ3v) is 4.32. The largest absolute Gasteiger partial charge is 0.483 e. The number of benzene rings is 1. The highest BCUT2D eigenvalue weighted by Crippen LogP contribution is 2.28. The number of hydrogen-bond donors (Lipinski definition) is 0. The minimum atomic E-state index is -0.0631. The third kappa shape index (κ3) is 3.25. The molecule has 1 atom stereocenters. The lowest BCUT2D eigenvalue weighted by Crippen LogP contribution is -2.03. The molecule has 0 saturated carbocycles. The van der Waals surface area contributed by atoms with Gasteiger partial charge in [0.25, 0.3) is 0 Å². The minimum absolute atomic E-state index is 0.0631. The molecule has 96 valence electrons. The Morgan fingerprint density at radius 3 is 2.89 bits per heavy atom. The minimum Gasteiger partial charge on any atom is -0.483 e. The van der Waals surface area contributed by atoms with Gasteiger partial charge >= 0.3 is 0 Å². The van der Waals surface area contributed by atoms with Gasteiger partial charge in [0.05, 0.1) is 11.6 Å². The van der Waals surface area contributed by atoms with Crippen LogP contribution in [0.25, 0.3) is 0 Å². The third-order valence-electron chi connectivity index (χ3n) is 2.49. The average Bonchev–Trinajstić information content (AvgIpc) is 2.81. The van der Waals surface area contributed by atoms with Crippen molar-refractivity contribution in [2.45, 2.75) is 25.8 Å². The predicted octanol–water partition coefficient (Wildman–Crippen LogP) is 5.09. The summed E-state index contributed by atoms with van der Waals surface area (Å²) in [5.74, 6) is 1.33. The van der Waals surface area contributed by atoms with E-state index in [1.165, 1.54) is 0 Å². The van der Waals surface area contributed by atoms with Gasteiger partial charge in [0, 0.05) is 9.85 Å². The van der Waals surface area contributed by atoms with Crippen LogP contribution in [0.1, 0.15) is 29.3 Å². The van der Waals surface area contributed by atoms with Gasteiger partial charge in [-0.1, -0.05) is 15.9 Å². The van der Waals surface area contributed by atoms with Gasteiger partial charge in [-0.15, -0.1) is 22.9 Å². The van der Waals surface area contributed by atoms with E-state index in [0.29, 0.717) is 5.88 Å². The molecule has 2 nitrogen and oxygen atoms in total. The Kier molecular flexibility index (Phi) is 4.65. The van der Waals surface area contributed by atoms with Crippen LogP contribution in [0.4, 0.5) is 0 Å². The van der Waals surface area contributed by atoms with Crippen LogP contribution in [-0.4, -0.2) is 4.98 Å². The van der Waals surface area contributed by atoms with E-state index in [1.54, 1.807) is 11.3 Å². The van der Waals surface area contributed by atoms with Crippen LogP contribution in [0, 0.1) is 6.92 Å². The number of halogens is 2. The van der Waals surface area contributed by atoms with Crippen molar-refractivity contribution in [1.82, 2.24) is 4.98 Å². The summed E-state index contributed by atoms with van der Waals surface area (Å²) in [5, 5.41) is 2.92. The van der Waals surface area contributed by atoms with E-state index < -0.39 is 0 Å². The summed E-state index contributed by atoms with van der Waals surface area (Å²) in [6.07, 6.45) is -0.0631. The highest BCUT2D eigenvalue weighted by molar-refractivity contribution is 9.10. The van der Waals surface area contributed by atoms with Crippen molar-refractivity contribution in [1.29, 1.82) is 0 Å². The van der Waals surface area contributed by atoms with Gasteiger partial charge < -0.3 is 4.74 Å². The molecular weight excluding hydrogens is 334 g/mol. The highest BCUT2D eigenvalue weighted by atomic mass is 79.9. The number of aromatic nitrogens is 1. The number of rotatable bonds is 4. The van der Waals surface area contributed by atoms with Crippen LogP contribution in [-0.2, 0) is 5.88 Å². The molecule has 1 aromatic carbocycles. The molecule has 5 heteroatoms. The standard InChI is InChI=1S/C13H13BrClNOS/c1-8-5-10(14)3-4-12(8)17-9(2)13-16-11(6-15)7-18-13/h3-5,7,9H,6H2,1-2H3. The highest BCUT2D eigenvalue weighted by Gasteiger charge is 2.13. The van der Waals surface area contributed by atoms with Crippen LogP contribution < -0.4 is 4.74 Å². The first-order valence-corrected chi connectivity index (χ1v) is 7.74. The number of alkyl halides is 1. The van der Waals surface area contributed by atoms with Crippen molar-refractivity contribution in [2.24, 2.45) is 0 Å². The quantitative estimate of drug-likeness (QED) is 0.719. The monoisotopic (exact) mass is 345 g/mol. The Morgan fingerprint density at radius 2 is 2.28 bits per heavy atom. The SMILES string of the molecule is Cc1cc(Br)ccc1OC(C)c1nc(CCl)cs1. The van der Waals surface area contributed by atoms with Gasteiger partial charge in [-0.2, -0.15) is 0 Å². The first kappa shape index (κ1) is 13.8. The fraction of sp³-hybridized carbons (Fsp3) is 0.308. The normalized spacial score (nSPS) is 12.4. The molecule has 18 heavy (non-hydrogen) atoms. The molecule has 2 aromatic rings. The molecule has 0 bridgehead atoms. The molecule has 0 fully saturated rings. The zero-order valence-electron chi connectivity index (χ0n) is 10.1. The maximum atomic E-state index is 5.93. The molecule has 0 aliphatic heterocycles. The van der Waals surface area contributed by atoms with Crippen molar-refractivity contribution < 1.29 is 4.74 Å². The predicted molar refractivity (Wildman–Crippen MR) is 79.6 cm³/mol. The van der Waals surface area contributed by atoms with Crippen molar-refractivity contribution in [3.63, 3.8) is 0 Å². The second-order valence-corrected chi connectivity index (χ2v) is 6.05. The van der Waals surface area contributed by atoms with Crippen molar-refractivity contribution in [3.05, 3.63) is 44.3 Å². The van der Waals surface area contributed by atoms with Crippen molar-refractivity contribution >= 4 is 38.9 Å². The van der Waals surface area contributed by atoms with E-state index in [1.807, 2.05) is 37.4 Å². The van der Waals surface area contributed by atoms with E-state index in [-0.39, 0.29) is 6.10 Å². The van der Waals surface area contributed by atoms with Crippen LogP contribution in [0.15, 0.2) is 28.1 Å². The van der Waals surface area contributed by atoms with Crippen LogP contribution >= 0.6 is 38.9 Å². The number of nitrogens with zero attached hydrogens (tertiary/aromatic N) is 1. The van der Waals surface area contributed by atoms with E-state index in [4.69, 9.17) is 16.3 Å². The molecule has 0 amide bonds. The number of hydrogen-bond acceptors (Lipinski definition) is 3. The van der Waals surface area contributed by atoms with E-state index in [9.17, 15) is 0 Å². The van der Waals surface area contributed by atoms with Gasteiger partial charge in [0.2, 0.25) is 0 Å². The molecule has 1 heterocycles. The number of thiazole rings is 1. The van der Waals surface area contributed by atoms with Crippen LogP contribution in [0.3, 0.4) is 0 Å². The average molecular weight is 347 g/mol. The smallest absolute Gasteiger partial charge is 0.147 e. The Balaban J connectivity index is 2.13. The van der Waals surface area contributed by atoms with Gasteiger partial charge in [0.1, 0.15) is 16.9 Å². The maximum absolute atomic E-state index is 5.93. The van der Waals surface area contributed by atoms with Gasteiger partial charge in [0.15, 0.2) is 0 Å². The fourth-order valence-electron chi connectivity index (χ4n) is 1.56.